The van der Waals surface area contributed by atoms with Crippen molar-refractivity contribution in [1.29, 1.82) is 5.26 Å². The van der Waals surface area contributed by atoms with Crippen LogP contribution in [0, 0.1) is 11.3 Å². The smallest absolute Gasteiger partial charge is 0.194 e. The van der Waals surface area contributed by atoms with Gasteiger partial charge in [0.15, 0.2) is 5.96 Å². The summed E-state index contributed by atoms with van der Waals surface area (Å²) >= 11 is 0. The normalized spacial score (nSPS) is 10.7. The van der Waals surface area contributed by atoms with Crippen molar-refractivity contribution in [2.45, 2.75) is 20.0 Å². The zero-order valence-corrected chi connectivity index (χ0v) is 16.6. The van der Waals surface area contributed by atoms with E-state index in [0.717, 1.165) is 30.2 Å². The van der Waals surface area contributed by atoms with Crippen molar-refractivity contribution in [2.24, 2.45) is 12.0 Å². The van der Waals surface area contributed by atoms with Gasteiger partial charge in [-0.2, -0.15) is 10.4 Å². The van der Waals surface area contributed by atoms with Crippen molar-refractivity contribution in [3.05, 3.63) is 53.3 Å². The van der Waals surface area contributed by atoms with E-state index in [-0.39, 0.29) is 24.0 Å². The number of aryl methyl sites for hydroxylation is 1. The van der Waals surface area contributed by atoms with Crippen LogP contribution in [0.1, 0.15) is 23.6 Å². The number of nitrogens with zero attached hydrogens (tertiary/aromatic N) is 5. The highest BCUT2D eigenvalue weighted by Gasteiger charge is 2.07. The lowest BCUT2D eigenvalue weighted by Gasteiger charge is -2.21. The highest BCUT2D eigenvalue weighted by molar-refractivity contribution is 14.0. The van der Waals surface area contributed by atoms with E-state index < -0.39 is 0 Å². The van der Waals surface area contributed by atoms with E-state index >= 15 is 0 Å². The molecule has 1 N–H and O–H groups in total. The topological polar surface area (TPSA) is 69.2 Å². The van der Waals surface area contributed by atoms with Gasteiger partial charge in [0.25, 0.3) is 0 Å². The summed E-state index contributed by atoms with van der Waals surface area (Å²) < 4.78 is 1.79. The van der Waals surface area contributed by atoms with Crippen LogP contribution in [0.4, 0.5) is 0 Å². The van der Waals surface area contributed by atoms with Crippen LogP contribution in [0.25, 0.3) is 0 Å². The molecule has 2 aromatic rings. The number of guanidine groups is 1. The average Bonchev–Trinajstić information content (AvgIpc) is 2.96. The maximum Gasteiger partial charge on any atom is 0.194 e. The molecule has 0 atom stereocenters. The molecule has 7 heteroatoms. The maximum absolute atomic E-state index is 8.96. The Balaban J connectivity index is 0.00000288. The van der Waals surface area contributed by atoms with Gasteiger partial charge < -0.3 is 10.2 Å². The Morgan fingerprint density at radius 3 is 2.83 bits per heavy atom. The molecule has 0 aliphatic carbocycles. The zero-order valence-electron chi connectivity index (χ0n) is 14.2. The predicted molar refractivity (Wildman–Crippen MR) is 106 cm³/mol. The van der Waals surface area contributed by atoms with Crippen LogP contribution >= 0.6 is 24.0 Å². The van der Waals surface area contributed by atoms with Crippen LogP contribution in [-0.2, 0) is 20.1 Å². The minimum atomic E-state index is 0. The van der Waals surface area contributed by atoms with Crippen LogP contribution in [0.15, 0.2) is 41.7 Å². The lowest BCUT2D eigenvalue weighted by Crippen LogP contribution is -2.38. The molecule has 0 amide bonds. The summed E-state index contributed by atoms with van der Waals surface area (Å²) in [5, 5.41) is 16.4. The molecule has 128 valence electrons. The molecule has 0 saturated heterocycles. The van der Waals surface area contributed by atoms with Gasteiger partial charge in [0, 0.05) is 38.9 Å². The standard InChI is InChI=1S/C17H22N6.HI/c1-4-19-17(22(2)12-16-11-21-23(3)13-16)20-10-15-7-5-6-14(8-15)9-18;/h5-8,11,13H,4,10,12H2,1-3H3,(H,19,20);1H. The highest BCUT2D eigenvalue weighted by Crippen LogP contribution is 2.07. The van der Waals surface area contributed by atoms with Gasteiger partial charge in [-0.3, -0.25) is 4.68 Å². The van der Waals surface area contributed by atoms with E-state index in [2.05, 4.69) is 26.4 Å². The van der Waals surface area contributed by atoms with Crippen molar-refractivity contribution < 1.29 is 0 Å². The van der Waals surface area contributed by atoms with Crippen LogP contribution in [0.3, 0.4) is 0 Å². The van der Waals surface area contributed by atoms with Crippen LogP contribution in [-0.4, -0.2) is 34.2 Å². The zero-order chi connectivity index (χ0) is 16.7. The van der Waals surface area contributed by atoms with Crippen molar-refractivity contribution in [3.63, 3.8) is 0 Å². The highest BCUT2D eigenvalue weighted by atomic mass is 127. The first kappa shape index (κ1) is 20.0. The molecule has 0 saturated carbocycles. The molecule has 0 aliphatic rings. The Morgan fingerprint density at radius 1 is 1.42 bits per heavy atom. The quantitative estimate of drug-likeness (QED) is 0.443. The Labute approximate surface area is 160 Å². The molecule has 6 nitrogen and oxygen atoms in total. The summed E-state index contributed by atoms with van der Waals surface area (Å²) in [7, 11) is 3.91. The number of rotatable bonds is 5. The fourth-order valence-corrected chi connectivity index (χ4v) is 2.28. The van der Waals surface area contributed by atoms with Crippen molar-refractivity contribution in [1.82, 2.24) is 20.0 Å². The number of hydrogen-bond donors (Lipinski definition) is 1. The SMILES string of the molecule is CCNC(=NCc1cccc(C#N)c1)N(C)Cc1cnn(C)c1.I. The molecule has 0 aliphatic heterocycles. The van der Waals surface area contributed by atoms with E-state index in [1.54, 1.807) is 10.7 Å². The molecule has 0 radical (unpaired) electrons. The van der Waals surface area contributed by atoms with E-state index in [1.165, 1.54) is 0 Å². The molecule has 2 rings (SSSR count). The molecule has 1 aromatic carbocycles. The second kappa shape index (κ2) is 9.93. The Bertz CT molecular complexity index is 716. The second-order valence-electron chi connectivity index (χ2n) is 5.36. The lowest BCUT2D eigenvalue weighted by molar-refractivity contribution is 0.476. The van der Waals surface area contributed by atoms with Crippen molar-refractivity contribution >= 4 is 29.9 Å². The summed E-state index contributed by atoms with van der Waals surface area (Å²) in [6.45, 7) is 4.12. The average molecular weight is 438 g/mol. The number of benzene rings is 1. The minimum Gasteiger partial charge on any atom is -0.357 e. The van der Waals surface area contributed by atoms with Gasteiger partial charge >= 0.3 is 0 Å². The Hall–Kier alpha value is -2.08. The van der Waals surface area contributed by atoms with Gasteiger partial charge in [0.2, 0.25) is 0 Å². The van der Waals surface area contributed by atoms with Crippen molar-refractivity contribution in [3.8, 4) is 6.07 Å². The van der Waals surface area contributed by atoms with Crippen LogP contribution < -0.4 is 5.32 Å². The maximum atomic E-state index is 8.96. The van der Waals surface area contributed by atoms with Gasteiger partial charge in [-0.15, -0.1) is 24.0 Å². The van der Waals surface area contributed by atoms with E-state index in [9.17, 15) is 0 Å². The second-order valence-corrected chi connectivity index (χ2v) is 5.36. The number of halogens is 1. The summed E-state index contributed by atoms with van der Waals surface area (Å²) in [6, 6.07) is 9.69. The summed E-state index contributed by atoms with van der Waals surface area (Å²) in [6.07, 6.45) is 3.85. The largest absolute Gasteiger partial charge is 0.357 e. The molecule has 1 heterocycles. The molecule has 24 heavy (non-hydrogen) atoms. The first-order chi connectivity index (χ1) is 11.1. The van der Waals surface area contributed by atoms with Gasteiger partial charge in [-0.1, -0.05) is 12.1 Å². The molecule has 0 spiro atoms. The third kappa shape index (κ3) is 5.85. The monoisotopic (exact) mass is 438 g/mol. The van der Waals surface area contributed by atoms with Gasteiger partial charge in [0.05, 0.1) is 24.4 Å². The molecule has 1 aromatic heterocycles. The van der Waals surface area contributed by atoms with Crippen molar-refractivity contribution in [2.75, 3.05) is 13.6 Å². The summed E-state index contributed by atoms with van der Waals surface area (Å²) in [5.74, 6) is 0.832. The number of nitrogens with one attached hydrogen (secondary N) is 1. The number of aromatic nitrogens is 2. The Kier molecular flexibility index (Phi) is 8.26. The summed E-state index contributed by atoms with van der Waals surface area (Å²) in [4.78, 5) is 6.72. The van der Waals surface area contributed by atoms with E-state index in [1.807, 2.05) is 51.6 Å². The van der Waals surface area contributed by atoms with E-state index in [4.69, 9.17) is 5.26 Å². The fraction of sp³-hybridized carbons (Fsp3) is 0.353. The minimum absolute atomic E-state index is 0. The van der Waals surface area contributed by atoms with Crippen LogP contribution in [0.5, 0.6) is 0 Å². The van der Waals surface area contributed by atoms with Gasteiger partial charge in [-0.25, -0.2) is 4.99 Å². The molecular weight excluding hydrogens is 415 g/mol. The molecule has 0 unspecified atom stereocenters. The molecular formula is C17H23IN6. The van der Waals surface area contributed by atoms with E-state index in [0.29, 0.717) is 12.1 Å². The third-order valence-corrected chi connectivity index (χ3v) is 3.34. The Morgan fingerprint density at radius 2 is 2.21 bits per heavy atom. The third-order valence-electron chi connectivity index (χ3n) is 3.34. The van der Waals surface area contributed by atoms with Gasteiger partial charge in [0.1, 0.15) is 0 Å². The summed E-state index contributed by atoms with van der Waals surface area (Å²) in [5.41, 5.74) is 2.81. The molecule has 0 bridgehead atoms. The molecule has 0 fully saturated rings. The first-order valence-electron chi connectivity index (χ1n) is 7.58. The number of hydrogen-bond acceptors (Lipinski definition) is 3. The van der Waals surface area contributed by atoms with Crippen LogP contribution in [0.2, 0.25) is 0 Å². The number of nitriles is 1. The fourth-order valence-electron chi connectivity index (χ4n) is 2.28. The predicted octanol–water partition coefficient (Wildman–Crippen LogP) is 2.51. The first-order valence-corrected chi connectivity index (χ1v) is 7.58. The lowest BCUT2D eigenvalue weighted by atomic mass is 10.1. The number of aliphatic imine (C=N–C) groups is 1. The van der Waals surface area contributed by atoms with Gasteiger partial charge in [-0.05, 0) is 24.6 Å².